The highest BCUT2D eigenvalue weighted by Crippen LogP contribution is 2.29. The second kappa shape index (κ2) is 8.93. The number of carbonyl (C=O) groups is 1. The summed E-state index contributed by atoms with van der Waals surface area (Å²) in [5.41, 5.74) is 4.09. The number of aryl methyl sites for hydroxylation is 2. The first-order chi connectivity index (χ1) is 14.1. The summed E-state index contributed by atoms with van der Waals surface area (Å²) in [5.74, 6) is 0.461. The summed E-state index contributed by atoms with van der Waals surface area (Å²) >= 11 is 7.60. The minimum absolute atomic E-state index is 0.196. The van der Waals surface area contributed by atoms with Crippen LogP contribution >= 0.6 is 22.9 Å². The van der Waals surface area contributed by atoms with Crippen molar-refractivity contribution in [2.24, 2.45) is 0 Å². The molecule has 29 heavy (non-hydrogen) atoms. The van der Waals surface area contributed by atoms with Gasteiger partial charge >= 0.3 is 0 Å². The Morgan fingerprint density at radius 3 is 3.03 bits per heavy atom. The van der Waals surface area contributed by atoms with Gasteiger partial charge in [-0.2, -0.15) is 0 Å². The molecule has 1 N–H and O–H groups in total. The van der Waals surface area contributed by atoms with E-state index in [1.807, 2.05) is 47.5 Å². The number of halogens is 1. The number of anilines is 2. The molecule has 1 atom stereocenters. The van der Waals surface area contributed by atoms with Crippen molar-refractivity contribution >= 4 is 39.7 Å². The predicted octanol–water partition coefficient (Wildman–Crippen LogP) is 5.19. The van der Waals surface area contributed by atoms with Gasteiger partial charge in [0.15, 0.2) is 5.13 Å². The van der Waals surface area contributed by atoms with E-state index in [1.165, 1.54) is 0 Å². The number of aromatic nitrogens is 2. The van der Waals surface area contributed by atoms with Gasteiger partial charge in [-0.25, -0.2) is 4.98 Å². The first-order valence-corrected chi connectivity index (χ1v) is 11.0. The molecular formula is C22H23ClN4OS. The normalized spacial score (nSPS) is 16.2. The summed E-state index contributed by atoms with van der Waals surface area (Å²) in [4.78, 5) is 23.7. The van der Waals surface area contributed by atoms with Gasteiger partial charge in [0, 0.05) is 59.1 Å². The van der Waals surface area contributed by atoms with E-state index in [0.29, 0.717) is 17.9 Å². The van der Waals surface area contributed by atoms with Crippen LogP contribution in [0.15, 0.2) is 48.0 Å². The lowest BCUT2D eigenvalue weighted by molar-refractivity contribution is -0.130. The van der Waals surface area contributed by atoms with Crippen molar-refractivity contribution in [2.75, 3.05) is 18.4 Å². The lowest BCUT2D eigenvalue weighted by Gasteiger charge is -2.17. The molecule has 0 spiro atoms. The van der Waals surface area contributed by atoms with Crippen LogP contribution in [-0.4, -0.2) is 33.9 Å². The predicted molar refractivity (Wildman–Crippen MR) is 118 cm³/mol. The molecule has 150 valence electrons. The van der Waals surface area contributed by atoms with Gasteiger partial charge in [0.05, 0.1) is 0 Å². The van der Waals surface area contributed by atoms with Gasteiger partial charge in [0.1, 0.15) is 0 Å². The highest BCUT2D eigenvalue weighted by atomic mass is 35.5. The lowest BCUT2D eigenvalue weighted by atomic mass is 10.0. The second-order valence-electron chi connectivity index (χ2n) is 7.34. The van der Waals surface area contributed by atoms with E-state index >= 15 is 0 Å². The number of amides is 1. The van der Waals surface area contributed by atoms with E-state index in [4.69, 9.17) is 16.6 Å². The molecular weight excluding hydrogens is 404 g/mol. The Kier molecular flexibility index (Phi) is 6.11. The third kappa shape index (κ3) is 5.14. The third-order valence-corrected chi connectivity index (χ3v) is 6.06. The molecule has 5 nitrogen and oxygen atoms in total. The molecule has 1 fully saturated rings. The number of nitrogens with one attached hydrogen (secondary N) is 1. The number of nitrogens with zero attached hydrogens (tertiary/aromatic N) is 3. The average Bonchev–Trinajstić information content (AvgIpc) is 3.38. The van der Waals surface area contributed by atoms with E-state index in [0.717, 1.165) is 47.3 Å². The topological polar surface area (TPSA) is 58.1 Å². The molecule has 0 bridgehead atoms. The molecule has 7 heteroatoms. The van der Waals surface area contributed by atoms with Crippen LogP contribution < -0.4 is 5.32 Å². The van der Waals surface area contributed by atoms with E-state index in [2.05, 4.69) is 16.4 Å². The Hall–Kier alpha value is -2.44. The first kappa shape index (κ1) is 19.9. The molecule has 1 unspecified atom stereocenters. The van der Waals surface area contributed by atoms with Gasteiger partial charge in [-0.1, -0.05) is 23.7 Å². The Morgan fingerprint density at radius 2 is 2.24 bits per heavy atom. The summed E-state index contributed by atoms with van der Waals surface area (Å²) < 4.78 is 0. The number of hydrogen-bond acceptors (Lipinski definition) is 5. The van der Waals surface area contributed by atoms with Crippen molar-refractivity contribution in [3.8, 4) is 0 Å². The molecule has 1 aliphatic heterocycles. The Labute approximate surface area is 179 Å². The highest BCUT2D eigenvalue weighted by molar-refractivity contribution is 7.13. The summed E-state index contributed by atoms with van der Waals surface area (Å²) in [5, 5.41) is 6.87. The molecule has 1 aliphatic rings. The van der Waals surface area contributed by atoms with E-state index in [-0.39, 0.29) is 11.8 Å². The molecule has 0 radical (unpaired) electrons. The van der Waals surface area contributed by atoms with Gasteiger partial charge in [0.25, 0.3) is 0 Å². The van der Waals surface area contributed by atoms with Crippen LogP contribution in [0.25, 0.3) is 0 Å². The van der Waals surface area contributed by atoms with Crippen LogP contribution in [0.5, 0.6) is 0 Å². The Morgan fingerprint density at radius 1 is 1.34 bits per heavy atom. The summed E-state index contributed by atoms with van der Waals surface area (Å²) in [7, 11) is 0. The largest absolute Gasteiger partial charge is 0.342 e. The minimum atomic E-state index is 0.196. The highest BCUT2D eigenvalue weighted by Gasteiger charge is 2.28. The molecule has 1 saturated heterocycles. The lowest BCUT2D eigenvalue weighted by Crippen LogP contribution is -2.28. The maximum Gasteiger partial charge on any atom is 0.222 e. The van der Waals surface area contributed by atoms with Crippen molar-refractivity contribution in [1.29, 1.82) is 0 Å². The number of thiazole rings is 1. The van der Waals surface area contributed by atoms with E-state index < -0.39 is 0 Å². The fraction of sp³-hybridized carbons (Fsp3) is 0.318. The summed E-state index contributed by atoms with van der Waals surface area (Å²) in [6.07, 6.45) is 3.94. The molecule has 3 aromatic rings. The van der Waals surface area contributed by atoms with E-state index in [9.17, 15) is 4.79 Å². The number of carbonyl (C=O) groups excluding carboxylic acids is 1. The smallest absolute Gasteiger partial charge is 0.222 e. The summed E-state index contributed by atoms with van der Waals surface area (Å²) in [6, 6.07) is 11.8. The Bertz CT molecular complexity index is 992. The number of likely N-dealkylation sites (tertiary alicyclic amines) is 1. The zero-order chi connectivity index (χ0) is 20.2. The van der Waals surface area contributed by atoms with Gasteiger partial charge in [-0.3, -0.25) is 9.78 Å². The Balaban J connectivity index is 1.37. The van der Waals surface area contributed by atoms with Crippen LogP contribution in [0.2, 0.25) is 5.02 Å². The molecule has 2 aromatic heterocycles. The van der Waals surface area contributed by atoms with Crippen LogP contribution in [0.1, 0.15) is 35.7 Å². The van der Waals surface area contributed by atoms with Gasteiger partial charge < -0.3 is 10.2 Å². The van der Waals surface area contributed by atoms with Gasteiger partial charge in [-0.05, 0) is 49.6 Å². The zero-order valence-electron chi connectivity index (χ0n) is 16.3. The number of benzene rings is 1. The minimum Gasteiger partial charge on any atom is -0.342 e. The van der Waals surface area contributed by atoms with Gasteiger partial charge in [-0.15, -0.1) is 11.3 Å². The third-order valence-electron chi connectivity index (χ3n) is 5.13. The maximum atomic E-state index is 12.7. The number of pyridine rings is 1. The standard InChI is InChI=1S/C22H23ClN4OS/c1-15-11-19(26-22-24-8-10-29-22)13-20(25-15)17-7-9-27(14-17)21(28)6-5-16-3-2-4-18(23)12-16/h2-4,8,10-13,17H,5-7,9,14H2,1H3,(H,24,25,26). The SMILES string of the molecule is Cc1cc(Nc2nccs2)cc(C2CCN(C(=O)CCc3cccc(Cl)c3)C2)n1. The molecule has 0 aliphatic carbocycles. The van der Waals surface area contributed by atoms with Crippen molar-refractivity contribution in [2.45, 2.75) is 32.1 Å². The van der Waals surface area contributed by atoms with Crippen molar-refractivity contribution in [1.82, 2.24) is 14.9 Å². The molecule has 0 saturated carbocycles. The summed E-state index contributed by atoms with van der Waals surface area (Å²) in [6.45, 7) is 3.50. The van der Waals surface area contributed by atoms with Crippen LogP contribution in [0.3, 0.4) is 0 Å². The quantitative estimate of drug-likeness (QED) is 0.589. The maximum absolute atomic E-state index is 12.7. The monoisotopic (exact) mass is 426 g/mol. The zero-order valence-corrected chi connectivity index (χ0v) is 17.8. The van der Waals surface area contributed by atoms with Crippen LogP contribution in [-0.2, 0) is 11.2 Å². The number of hydrogen-bond donors (Lipinski definition) is 1. The van der Waals surface area contributed by atoms with Crippen LogP contribution in [0, 0.1) is 6.92 Å². The van der Waals surface area contributed by atoms with Gasteiger partial charge in [0.2, 0.25) is 5.91 Å². The van der Waals surface area contributed by atoms with Crippen LogP contribution in [0.4, 0.5) is 10.8 Å². The molecule has 4 rings (SSSR count). The fourth-order valence-electron chi connectivity index (χ4n) is 3.71. The molecule has 1 amide bonds. The molecule has 3 heterocycles. The van der Waals surface area contributed by atoms with Crippen molar-refractivity contribution in [3.63, 3.8) is 0 Å². The van der Waals surface area contributed by atoms with Crippen molar-refractivity contribution in [3.05, 3.63) is 69.9 Å². The van der Waals surface area contributed by atoms with Crippen molar-refractivity contribution < 1.29 is 4.79 Å². The average molecular weight is 427 g/mol. The van der Waals surface area contributed by atoms with E-state index in [1.54, 1.807) is 17.5 Å². The number of rotatable bonds is 6. The second-order valence-corrected chi connectivity index (χ2v) is 8.67. The molecule has 1 aromatic carbocycles. The first-order valence-electron chi connectivity index (χ1n) is 9.74. The fourth-order valence-corrected chi connectivity index (χ4v) is 4.48.